The topological polar surface area (TPSA) is 49.7 Å². The first kappa shape index (κ1) is 21.4. The Morgan fingerprint density at radius 2 is 1.83 bits per heavy atom. The lowest BCUT2D eigenvalue weighted by atomic mass is 9.88. The van der Waals surface area contributed by atoms with Crippen LogP contribution in [0.15, 0.2) is 66.6 Å². The van der Waals surface area contributed by atoms with Crippen molar-refractivity contribution < 1.29 is 14.9 Å². The maximum atomic E-state index is 10.2. The average Bonchev–Trinajstić information content (AvgIpc) is 3.15. The first-order valence-corrected chi connectivity index (χ1v) is 11.2. The van der Waals surface area contributed by atoms with Crippen molar-refractivity contribution in [2.45, 2.75) is 52.2 Å². The molecule has 2 heterocycles. The molecule has 3 nitrogen and oxygen atoms in total. The third kappa shape index (κ3) is 5.20. The summed E-state index contributed by atoms with van der Waals surface area (Å²) in [6, 6.07) is 19.3. The predicted molar refractivity (Wildman–Crippen MR) is 121 cm³/mol. The molecule has 1 aliphatic heterocycles. The van der Waals surface area contributed by atoms with Crippen molar-refractivity contribution in [2.24, 2.45) is 5.92 Å². The molecule has 0 aliphatic carbocycles. The summed E-state index contributed by atoms with van der Waals surface area (Å²) in [4.78, 5) is 1.36. The molecule has 1 fully saturated rings. The second-order valence-corrected chi connectivity index (χ2v) is 8.50. The van der Waals surface area contributed by atoms with E-state index in [1.54, 1.807) is 0 Å². The molecule has 3 aromatic rings. The molecule has 0 bridgehead atoms. The van der Waals surface area contributed by atoms with Crippen LogP contribution in [-0.2, 0) is 17.6 Å². The minimum absolute atomic E-state index is 0.0277. The number of hydrogen-bond acceptors (Lipinski definition) is 4. The highest BCUT2D eigenvalue weighted by molar-refractivity contribution is 7.19. The molecule has 154 valence electrons. The first-order valence-electron chi connectivity index (χ1n) is 10.4. The summed E-state index contributed by atoms with van der Waals surface area (Å²) in [6.45, 7) is 6.00. The standard InChI is InChI=1S/C23H24O3S.C2H6/c1-15-21(25)13-19(14-24)26-22(15)11-17-6-4-5-16(9-17)10-20-12-18-7-2-3-8-23(18)27-20;1-2/h2-9,12,14-15,21-22,24-25H,10-11,13H2,1H3;1-2H3/b19-14+;. The molecule has 1 aliphatic rings. The third-order valence-electron chi connectivity index (χ3n) is 5.33. The van der Waals surface area contributed by atoms with Crippen LogP contribution in [0.25, 0.3) is 10.1 Å². The Kier molecular flexibility index (Phi) is 7.34. The van der Waals surface area contributed by atoms with Crippen molar-refractivity contribution >= 4 is 21.4 Å². The SMILES string of the molecule is CC.CC1C(O)C/C(=C\O)OC1Cc1cccc(Cc2cc3ccccc3s2)c1. The van der Waals surface area contributed by atoms with Crippen molar-refractivity contribution in [3.63, 3.8) is 0 Å². The van der Waals surface area contributed by atoms with E-state index in [2.05, 4.69) is 54.6 Å². The summed E-state index contributed by atoms with van der Waals surface area (Å²) < 4.78 is 7.20. The van der Waals surface area contributed by atoms with Gasteiger partial charge < -0.3 is 14.9 Å². The van der Waals surface area contributed by atoms with Gasteiger partial charge in [0, 0.05) is 34.8 Å². The highest BCUT2D eigenvalue weighted by Gasteiger charge is 2.32. The highest BCUT2D eigenvalue weighted by atomic mass is 32.1. The van der Waals surface area contributed by atoms with Gasteiger partial charge in [0.2, 0.25) is 0 Å². The molecular formula is C25H30O3S. The third-order valence-corrected chi connectivity index (χ3v) is 6.45. The Hall–Kier alpha value is -2.30. The van der Waals surface area contributed by atoms with Gasteiger partial charge in [0.1, 0.15) is 18.1 Å². The zero-order valence-corrected chi connectivity index (χ0v) is 18.2. The van der Waals surface area contributed by atoms with Crippen LogP contribution >= 0.6 is 11.3 Å². The van der Waals surface area contributed by atoms with Crippen molar-refractivity contribution in [3.8, 4) is 0 Å². The number of aliphatic hydroxyl groups is 2. The van der Waals surface area contributed by atoms with Crippen LogP contribution in [0, 0.1) is 5.92 Å². The van der Waals surface area contributed by atoms with E-state index in [0.717, 1.165) is 19.1 Å². The van der Waals surface area contributed by atoms with Gasteiger partial charge in [-0.1, -0.05) is 63.2 Å². The van der Waals surface area contributed by atoms with Gasteiger partial charge in [-0.05, 0) is 28.6 Å². The number of ether oxygens (including phenoxy) is 1. The summed E-state index contributed by atoms with van der Waals surface area (Å²) in [5, 5.41) is 20.8. The zero-order valence-electron chi connectivity index (χ0n) is 17.3. The van der Waals surface area contributed by atoms with Gasteiger partial charge in [0.25, 0.3) is 0 Å². The van der Waals surface area contributed by atoms with E-state index in [9.17, 15) is 10.2 Å². The lowest BCUT2D eigenvalue weighted by molar-refractivity contribution is -0.0486. The Balaban J connectivity index is 0.00000117. The number of fused-ring (bicyclic) bond motifs is 1. The molecule has 0 spiro atoms. The molecular weight excluding hydrogens is 380 g/mol. The van der Waals surface area contributed by atoms with E-state index < -0.39 is 6.10 Å². The minimum Gasteiger partial charge on any atom is -0.512 e. The van der Waals surface area contributed by atoms with Gasteiger partial charge in [-0.3, -0.25) is 0 Å². The second-order valence-electron chi connectivity index (χ2n) is 7.33. The molecule has 3 unspecified atom stereocenters. The smallest absolute Gasteiger partial charge is 0.133 e. The Morgan fingerprint density at radius 1 is 1.07 bits per heavy atom. The maximum absolute atomic E-state index is 10.2. The lowest BCUT2D eigenvalue weighted by Crippen LogP contribution is -2.38. The Morgan fingerprint density at radius 3 is 2.59 bits per heavy atom. The second kappa shape index (κ2) is 9.95. The largest absolute Gasteiger partial charge is 0.512 e. The van der Waals surface area contributed by atoms with E-state index in [4.69, 9.17) is 4.74 Å². The van der Waals surface area contributed by atoms with Crippen LogP contribution < -0.4 is 0 Å². The van der Waals surface area contributed by atoms with Crippen LogP contribution in [0.4, 0.5) is 0 Å². The van der Waals surface area contributed by atoms with E-state index in [1.807, 2.05) is 32.1 Å². The van der Waals surface area contributed by atoms with Gasteiger partial charge in [0.05, 0.1) is 6.10 Å². The van der Waals surface area contributed by atoms with Crippen molar-refractivity contribution in [3.05, 3.63) is 82.6 Å². The predicted octanol–water partition coefficient (Wildman–Crippen LogP) is 6.25. The van der Waals surface area contributed by atoms with E-state index in [1.165, 1.54) is 26.1 Å². The van der Waals surface area contributed by atoms with Crippen LogP contribution in [0.3, 0.4) is 0 Å². The minimum atomic E-state index is -0.483. The maximum Gasteiger partial charge on any atom is 0.133 e. The first-order chi connectivity index (χ1) is 14.1. The number of aliphatic hydroxyl groups excluding tert-OH is 2. The molecule has 2 aromatic carbocycles. The molecule has 1 aromatic heterocycles. The molecule has 0 radical (unpaired) electrons. The Labute approximate surface area is 177 Å². The molecule has 1 saturated heterocycles. The van der Waals surface area contributed by atoms with Gasteiger partial charge >= 0.3 is 0 Å². The molecule has 4 rings (SSSR count). The van der Waals surface area contributed by atoms with E-state index >= 15 is 0 Å². The fraction of sp³-hybridized carbons (Fsp3) is 0.360. The summed E-state index contributed by atoms with van der Waals surface area (Å²) >= 11 is 1.84. The van der Waals surface area contributed by atoms with Gasteiger partial charge in [-0.15, -0.1) is 11.3 Å². The molecule has 29 heavy (non-hydrogen) atoms. The molecule has 2 N–H and O–H groups in total. The number of thiophene rings is 1. The van der Waals surface area contributed by atoms with Crippen LogP contribution in [0.1, 0.15) is 43.2 Å². The van der Waals surface area contributed by atoms with Crippen LogP contribution in [-0.4, -0.2) is 22.4 Å². The molecule has 0 amide bonds. The monoisotopic (exact) mass is 410 g/mol. The average molecular weight is 411 g/mol. The summed E-state index contributed by atoms with van der Waals surface area (Å²) in [5.74, 6) is 0.493. The van der Waals surface area contributed by atoms with Crippen molar-refractivity contribution in [1.82, 2.24) is 0 Å². The molecule has 4 heteroatoms. The number of rotatable bonds is 4. The highest BCUT2D eigenvalue weighted by Crippen LogP contribution is 2.31. The van der Waals surface area contributed by atoms with E-state index in [0.29, 0.717) is 12.2 Å². The van der Waals surface area contributed by atoms with Crippen molar-refractivity contribution in [2.75, 3.05) is 0 Å². The number of hydrogen-bond donors (Lipinski definition) is 2. The van der Waals surface area contributed by atoms with Gasteiger partial charge in [-0.25, -0.2) is 0 Å². The molecule has 0 saturated carbocycles. The normalized spacial score (nSPS) is 22.8. The summed E-state index contributed by atoms with van der Waals surface area (Å²) in [7, 11) is 0. The van der Waals surface area contributed by atoms with Gasteiger partial charge in [0.15, 0.2) is 0 Å². The lowest BCUT2D eigenvalue weighted by Gasteiger charge is -2.35. The quantitative estimate of drug-likeness (QED) is 0.500. The summed E-state index contributed by atoms with van der Waals surface area (Å²) in [6.07, 6.45) is 2.37. The fourth-order valence-corrected chi connectivity index (χ4v) is 4.82. The van der Waals surface area contributed by atoms with E-state index in [-0.39, 0.29) is 12.0 Å². The number of benzene rings is 2. The zero-order chi connectivity index (χ0) is 20.8. The summed E-state index contributed by atoms with van der Waals surface area (Å²) in [5.41, 5.74) is 2.47. The van der Waals surface area contributed by atoms with Gasteiger partial charge in [-0.2, -0.15) is 0 Å². The van der Waals surface area contributed by atoms with Crippen LogP contribution in [0.2, 0.25) is 0 Å². The molecule has 3 atom stereocenters. The fourth-order valence-electron chi connectivity index (χ4n) is 3.72. The van der Waals surface area contributed by atoms with Crippen LogP contribution in [0.5, 0.6) is 0 Å². The van der Waals surface area contributed by atoms with Crippen molar-refractivity contribution in [1.29, 1.82) is 0 Å². The Bertz CT molecular complexity index is 926.